The predicted octanol–water partition coefficient (Wildman–Crippen LogP) is 4.73. The van der Waals surface area contributed by atoms with Gasteiger partial charge in [-0.25, -0.2) is 0 Å². The molecule has 2 N–H and O–H groups in total. The van der Waals surface area contributed by atoms with Crippen molar-refractivity contribution >= 4 is 23.0 Å². The molecule has 0 unspecified atom stereocenters. The quantitative estimate of drug-likeness (QED) is 0.782. The number of benzene rings is 2. The van der Waals surface area contributed by atoms with Crippen molar-refractivity contribution in [3.8, 4) is 5.75 Å². The molecule has 0 spiro atoms. The van der Waals surface area contributed by atoms with Gasteiger partial charge in [0.25, 0.3) is 0 Å². The highest BCUT2D eigenvalue weighted by molar-refractivity contribution is 5.96. The van der Waals surface area contributed by atoms with Crippen LogP contribution >= 0.6 is 0 Å². The van der Waals surface area contributed by atoms with Crippen LogP contribution in [-0.2, 0) is 4.79 Å². The van der Waals surface area contributed by atoms with Crippen molar-refractivity contribution in [3.63, 3.8) is 0 Å². The number of anilines is 3. The molecule has 3 rings (SSSR count). The minimum absolute atomic E-state index is 0.0593. The Hall–Kier alpha value is -2.75. The van der Waals surface area contributed by atoms with Crippen LogP contribution in [0.3, 0.4) is 0 Å². The summed E-state index contributed by atoms with van der Waals surface area (Å²) < 4.78 is 5.17. The smallest absolute Gasteiger partial charge is 0.227 e. The fraction of sp³-hybridized carbons (Fsp3) is 0.250. The average molecular weight is 322 g/mol. The van der Waals surface area contributed by atoms with Crippen LogP contribution in [0.4, 0.5) is 17.1 Å². The number of hydrogen-bond donors (Lipinski definition) is 2. The SMILES string of the molecule is COc1ccc(Nc2ccccc2NC(=O)[C@H]2CC=CCC2)cc1. The Morgan fingerprint density at radius 3 is 2.46 bits per heavy atom. The van der Waals surface area contributed by atoms with Gasteiger partial charge in [-0.1, -0.05) is 24.3 Å². The molecule has 4 heteroatoms. The predicted molar refractivity (Wildman–Crippen MR) is 97.8 cm³/mol. The second-order valence-electron chi connectivity index (χ2n) is 5.87. The lowest BCUT2D eigenvalue weighted by Gasteiger charge is -2.19. The molecule has 0 fully saturated rings. The van der Waals surface area contributed by atoms with Gasteiger partial charge >= 0.3 is 0 Å². The molecule has 0 bridgehead atoms. The highest BCUT2D eigenvalue weighted by atomic mass is 16.5. The number of hydrogen-bond acceptors (Lipinski definition) is 3. The molecule has 0 heterocycles. The number of allylic oxidation sites excluding steroid dienone is 2. The largest absolute Gasteiger partial charge is 0.497 e. The summed E-state index contributed by atoms with van der Waals surface area (Å²) in [5, 5.41) is 6.41. The Kier molecular flexibility index (Phi) is 5.16. The van der Waals surface area contributed by atoms with Gasteiger partial charge in [-0.15, -0.1) is 0 Å². The monoisotopic (exact) mass is 322 g/mol. The number of rotatable bonds is 5. The molecule has 4 nitrogen and oxygen atoms in total. The summed E-state index contributed by atoms with van der Waals surface area (Å²) >= 11 is 0. The maximum absolute atomic E-state index is 12.5. The van der Waals surface area contributed by atoms with E-state index in [9.17, 15) is 4.79 Å². The van der Waals surface area contributed by atoms with E-state index in [2.05, 4.69) is 22.8 Å². The third-order valence-corrected chi connectivity index (χ3v) is 4.19. The molecule has 1 aliphatic rings. The van der Waals surface area contributed by atoms with Crippen molar-refractivity contribution in [1.82, 2.24) is 0 Å². The summed E-state index contributed by atoms with van der Waals surface area (Å²) in [5.74, 6) is 0.958. The molecule has 1 atom stereocenters. The van der Waals surface area contributed by atoms with Gasteiger partial charge in [-0.2, -0.15) is 0 Å². The van der Waals surface area contributed by atoms with Gasteiger partial charge in [0.05, 0.1) is 18.5 Å². The Morgan fingerprint density at radius 2 is 1.79 bits per heavy atom. The second-order valence-corrected chi connectivity index (χ2v) is 5.87. The first-order valence-electron chi connectivity index (χ1n) is 8.22. The molecule has 2 aromatic carbocycles. The van der Waals surface area contributed by atoms with E-state index in [1.54, 1.807) is 7.11 Å². The highest BCUT2D eigenvalue weighted by Crippen LogP contribution is 2.28. The standard InChI is InChI=1S/C20H22N2O2/c1-24-17-13-11-16(12-14-17)21-18-9-5-6-10-19(18)22-20(23)15-7-3-2-4-8-15/h2-3,5-6,9-15,21H,4,7-8H2,1H3,(H,22,23)/t15-/m0/s1. The summed E-state index contributed by atoms with van der Waals surface area (Å²) in [7, 11) is 1.65. The van der Waals surface area contributed by atoms with E-state index < -0.39 is 0 Å². The summed E-state index contributed by atoms with van der Waals surface area (Å²) in [5.41, 5.74) is 2.62. The molecule has 0 aromatic heterocycles. The van der Waals surface area contributed by atoms with Crippen molar-refractivity contribution in [3.05, 3.63) is 60.7 Å². The summed E-state index contributed by atoms with van der Waals surface area (Å²) in [6.45, 7) is 0. The highest BCUT2D eigenvalue weighted by Gasteiger charge is 2.19. The first-order valence-corrected chi connectivity index (χ1v) is 8.22. The van der Waals surface area contributed by atoms with Gasteiger partial charge in [-0.3, -0.25) is 4.79 Å². The molecular formula is C20H22N2O2. The lowest BCUT2D eigenvalue weighted by molar-refractivity contribution is -0.120. The lowest BCUT2D eigenvalue weighted by atomic mass is 9.93. The van der Waals surface area contributed by atoms with Gasteiger partial charge in [0.15, 0.2) is 0 Å². The third kappa shape index (κ3) is 3.96. The first-order chi connectivity index (χ1) is 11.8. The molecule has 0 aliphatic heterocycles. The number of carbonyl (C=O) groups excluding carboxylic acids is 1. The van der Waals surface area contributed by atoms with E-state index in [4.69, 9.17) is 4.74 Å². The van der Waals surface area contributed by atoms with Gasteiger partial charge < -0.3 is 15.4 Å². The van der Waals surface area contributed by atoms with E-state index >= 15 is 0 Å². The van der Waals surface area contributed by atoms with Crippen LogP contribution in [0.15, 0.2) is 60.7 Å². The number of para-hydroxylation sites is 2. The van der Waals surface area contributed by atoms with Gasteiger partial charge in [0, 0.05) is 11.6 Å². The normalized spacial score (nSPS) is 16.5. The lowest BCUT2D eigenvalue weighted by Crippen LogP contribution is -2.23. The molecular weight excluding hydrogens is 300 g/mol. The number of carbonyl (C=O) groups is 1. The van der Waals surface area contributed by atoms with Crippen LogP contribution in [0.5, 0.6) is 5.75 Å². The van der Waals surface area contributed by atoms with E-state index in [1.807, 2.05) is 48.5 Å². The first kappa shape index (κ1) is 16.1. The Bertz CT molecular complexity index is 723. The summed E-state index contributed by atoms with van der Waals surface area (Å²) in [4.78, 5) is 12.5. The van der Waals surface area contributed by atoms with Crippen molar-refractivity contribution in [2.24, 2.45) is 5.92 Å². The van der Waals surface area contributed by atoms with E-state index in [-0.39, 0.29) is 11.8 Å². The molecule has 124 valence electrons. The average Bonchev–Trinajstić information content (AvgIpc) is 2.64. The second kappa shape index (κ2) is 7.68. The Balaban J connectivity index is 1.72. The zero-order valence-electron chi connectivity index (χ0n) is 13.8. The number of methoxy groups -OCH3 is 1. The maximum Gasteiger partial charge on any atom is 0.227 e. The molecule has 2 aromatic rings. The maximum atomic E-state index is 12.5. The molecule has 24 heavy (non-hydrogen) atoms. The fourth-order valence-electron chi connectivity index (χ4n) is 2.80. The third-order valence-electron chi connectivity index (χ3n) is 4.19. The van der Waals surface area contributed by atoms with Crippen LogP contribution in [0.25, 0.3) is 0 Å². The molecule has 0 saturated heterocycles. The number of ether oxygens (including phenoxy) is 1. The van der Waals surface area contributed by atoms with Crippen LogP contribution in [0.2, 0.25) is 0 Å². The van der Waals surface area contributed by atoms with Crippen LogP contribution in [0.1, 0.15) is 19.3 Å². The Morgan fingerprint density at radius 1 is 1.04 bits per heavy atom. The number of amides is 1. The van der Waals surface area contributed by atoms with Crippen molar-refractivity contribution < 1.29 is 9.53 Å². The zero-order chi connectivity index (χ0) is 16.8. The van der Waals surface area contributed by atoms with Crippen molar-refractivity contribution in [2.45, 2.75) is 19.3 Å². The summed E-state index contributed by atoms with van der Waals surface area (Å²) in [6.07, 6.45) is 6.94. The van der Waals surface area contributed by atoms with Crippen LogP contribution < -0.4 is 15.4 Å². The van der Waals surface area contributed by atoms with E-state index in [0.717, 1.165) is 42.1 Å². The van der Waals surface area contributed by atoms with Crippen molar-refractivity contribution in [1.29, 1.82) is 0 Å². The minimum atomic E-state index is 0.0593. The summed E-state index contributed by atoms with van der Waals surface area (Å²) in [6, 6.07) is 15.5. The zero-order valence-corrected chi connectivity index (χ0v) is 13.8. The Labute approximate surface area is 142 Å². The van der Waals surface area contributed by atoms with Crippen molar-refractivity contribution in [2.75, 3.05) is 17.7 Å². The van der Waals surface area contributed by atoms with Crippen LogP contribution in [0, 0.1) is 5.92 Å². The van der Waals surface area contributed by atoms with Gasteiger partial charge in [-0.05, 0) is 55.7 Å². The molecule has 1 aliphatic carbocycles. The topological polar surface area (TPSA) is 50.4 Å². The minimum Gasteiger partial charge on any atom is -0.497 e. The van der Waals surface area contributed by atoms with Crippen LogP contribution in [-0.4, -0.2) is 13.0 Å². The molecule has 1 amide bonds. The fourth-order valence-corrected chi connectivity index (χ4v) is 2.80. The van der Waals surface area contributed by atoms with Gasteiger partial charge in [0.2, 0.25) is 5.91 Å². The molecule has 0 radical (unpaired) electrons. The van der Waals surface area contributed by atoms with E-state index in [0.29, 0.717) is 0 Å². The number of nitrogens with one attached hydrogen (secondary N) is 2. The molecule has 0 saturated carbocycles. The van der Waals surface area contributed by atoms with Gasteiger partial charge in [0.1, 0.15) is 5.75 Å². The van der Waals surface area contributed by atoms with E-state index in [1.165, 1.54) is 0 Å².